The Morgan fingerprint density at radius 1 is 1.50 bits per heavy atom. The van der Waals surface area contributed by atoms with E-state index < -0.39 is 10.7 Å². The van der Waals surface area contributed by atoms with Gasteiger partial charge in [-0.2, -0.15) is 0 Å². The molecule has 0 aliphatic rings. The van der Waals surface area contributed by atoms with E-state index in [4.69, 9.17) is 0 Å². The third-order valence-electron chi connectivity index (χ3n) is 1.22. The highest BCUT2D eigenvalue weighted by Gasteiger charge is 1.96. The summed E-state index contributed by atoms with van der Waals surface area (Å²) in [6.45, 7) is 1.75. The maximum absolute atomic E-state index is 10.4. The van der Waals surface area contributed by atoms with E-state index in [1.807, 2.05) is 0 Å². The van der Waals surface area contributed by atoms with Gasteiger partial charge in [-0.1, -0.05) is 18.2 Å². The molecule has 0 saturated carbocycles. The molecule has 0 aliphatic heterocycles. The van der Waals surface area contributed by atoms with Crippen LogP contribution in [0.1, 0.15) is 5.56 Å². The Labute approximate surface area is 61.5 Å². The number of benzene rings is 1. The van der Waals surface area contributed by atoms with Crippen LogP contribution < -0.4 is 0 Å². The van der Waals surface area contributed by atoms with E-state index in [-0.39, 0.29) is 4.90 Å². The van der Waals surface area contributed by atoms with Crippen molar-refractivity contribution in [3.05, 3.63) is 29.8 Å². The van der Waals surface area contributed by atoms with Crippen molar-refractivity contribution in [1.82, 2.24) is 0 Å². The molecule has 0 saturated heterocycles. The van der Waals surface area contributed by atoms with Gasteiger partial charge in [-0.15, -0.1) is 0 Å². The van der Waals surface area contributed by atoms with Crippen molar-refractivity contribution in [2.45, 2.75) is 11.8 Å². The van der Waals surface area contributed by atoms with Crippen LogP contribution in [-0.4, -0.2) is 8.42 Å². The minimum absolute atomic E-state index is 0.289. The summed E-state index contributed by atoms with van der Waals surface area (Å²) in [5.41, 5.74) is 0.749. The second kappa shape index (κ2) is 2.84. The van der Waals surface area contributed by atoms with E-state index in [2.05, 4.69) is 6.07 Å². The fourth-order valence-electron chi connectivity index (χ4n) is 0.709. The van der Waals surface area contributed by atoms with Crippen molar-refractivity contribution >= 4 is 10.7 Å². The lowest BCUT2D eigenvalue weighted by molar-refractivity contribution is 0.614. The van der Waals surface area contributed by atoms with Crippen molar-refractivity contribution in [1.29, 1.82) is 0 Å². The first-order valence-corrected chi connectivity index (χ1v) is 4.01. The van der Waals surface area contributed by atoms with Crippen LogP contribution in [0.25, 0.3) is 0 Å². The first-order chi connectivity index (χ1) is 4.72. The second-order valence-electron chi connectivity index (χ2n) is 1.96. The molecule has 0 bridgehead atoms. The minimum atomic E-state index is -2.47. The molecule has 0 aromatic heterocycles. The molecular weight excluding hydrogens is 148 g/mol. The molecule has 0 unspecified atom stereocenters. The van der Waals surface area contributed by atoms with Crippen LogP contribution in [0.4, 0.5) is 0 Å². The summed E-state index contributed by atoms with van der Waals surface area (Å²) in [5.74, 6) is 0. The van der Waals surface area contributed by atoms with Crippen molar-refractivity contribution in [3.8, 4) is 0 Å². The number of thiol groups is 1. The number of hydrogen-bond acceptors (Lipinski definition) is 2. The Morgan fingerprint density at radius 2 is 2.20 bits per heavy atom. The van der Waals surface area contributed by atoms with Crippen LogP contribution in [0.2, 0.25) is 0 Å². The van der Waals surface area contributed by atoms with E-state index >= 15 is 0 Å². The second-order valence-corrected chi connectivity index (χ2v) is 2.92. The van der Waals surface area contributed by atoms with Gasteiger partial charge in [0.25, 0.3) is 0 Å². The SMILES string of the molecule is Cc1ccc[c]c1[SH](=O)=O. The summed E-state index contributed by atoms with van der Waals surface area (Å²) in [5, 5.41) is 0. The molecule has 3 heteroatoms. The van der Waals surface area contributed by atoms with E-state index in [0.717, 1.165) is 5.56 Å². The third kappa shape index (κ3) is 1.36. The van der Waals surface area contributed by atoms with Crippen molar-refractivity contribution in [2.75, 3.05) is 0 Å². The standard InChI is InChI=1S/C7H7O2S/c1-6-4-2-3-5-7(6)10(8)9/h2-4,10H,1H3. The lowest BCUT2D eigenvalue weighted by atomic mass is 10.2. The summed E-state index contributed by atoms with van der Waals surface area (Å²) in [7, 11) is -2.47. The predicted molar refractivity (Wildman–Crippen MR) is 38.6 cm³/mol. The van der Waals surface area contributed by atoms with Gasteiger partial charge in [-0.25, -0.2) is 8.42 Å². The summed E-state index contributed by atoms with van der Waals surface area (Å²) < 4.78 is 20.9. The molecule has 53 valence electrons. The van der Waals surface area contributed by atoms with E-state index in [0.29, 0.717) is 0 Å². The average molecular weight is 155 g/mol. The molecule has 0 spiro atoms. The molecule has 1 aromatic rings. The first kappa shape index (κ1) is 7.28. The van der Waals surface area contributed by atoms with Crippen molar-refractivity contribution in [2.24, 2.45) is 0 Å². The van der Waals surface area contributed by atoms with Crippen LogP contribution in [0.3, 0.4) is 0 Å². The van der Waals surface area contributed by atoms with Gasteiger partial charge in [0.1, 0.15) is 0 Å². The van der Waals surface area contributed by atoms with Gasteiger partial charge in [-0.05, 0) is 12.5 Å². The van der Waals surface area contributed by atoms with Gasteiger partial charge in [-0.3, -0.25) is 0 Å². The summed E-state index contributed by atoms with van der Waals surface area (Å²) >= 11 is 0. The average Bonchev–Trinajstić information content (AvgIpc) is 1.88. The normalized spacial score (nSPS) is 10.2. The van der Waals surface area contributed by atoms with Gasteiger partial charge in [0.2, 0.25) is 0 Å². The zero-order valence-electron chi connectivity index (χ0n) is 5.50. The van der Waals surface area contributed by atoms with Crippen LogP contribution in [0.15, 0.2) is 23.1 Å². The molecule has 10 heavy (non-hydrogen) atoms. The van der Waals surface area contributed by atoms with Crippen LogP contribution in [0.5, 0.6) is 0 Å². The zero-order valence-corrected chi connectivity index (χ0v) is 6.39. The Hall–Kier alpha value is -0.830. The van der Waals surface area contributed by atoms with Gasteiger partial charge in [0.05, 0.1) is 4.90 Å². The number of rotatable bonds is 1. The molecule has 0 fully saturated rings. The van der Waals surface area contributed by atoms with Crippen molar-refractivity contribution < 1.29 is 8.42 Å². The molecule has 2 nitrogen and oxygen atoms in total. The molecule has 0 heterocycles. The fourth-order valence-corrected chi connectivity index (χ4v) is 1.25. The van der Waals surface area contributed by atoms with Gasteiger partial charge < -0.3 is 0 Å². The monoisotopic (exact) mass is 155 g/mol. The molecular formula is C7H7O2S. The largest absolute Gasteiger partial charge is 0.227 e. The molecule has 1 aromatic carbocycles. The molecule has 0 aliphatic carbocycles. The first-order valence-electron chi connectivity index (χ1n) is 2.83. The summed E-state index contributed by atoms with van der Waals surface area (Å²) in [6, 6.07) is 7.74. The summed E-state index contributed by atoms with van der Waals surface area (Å²) in [6.07, 6.45) is 0. The van der Waals surface area contributed by atoms with E-state index in [9.17, 15) is 8.42 Å². The Balaban J connectivity index is 3.28. The topological polar surface area (TPSA) is 34.1 Å². The molecule has 0 atom stereocenters. The van der Waals surface area contributed by atoms with Crippen LogP contribution >= 0.6 is 0 Å². The fraction of sp³-hybridized carbons (Fsp3) is 0.143. The quantitative estimate of drug-likeness (QED) is 0.608. The minimum Gasteiger partial charge on any atom is -0.227 e. The van der Waals surface area contributed by atoms with E-state index in [1.165, 1.54) is 0 Å². The smallest absolute Gasteiger partial charge is 0.169 e. The highest BCUT2D eigenvalue weighted by Crippen LogP contribution is 2.06. The lowest BCUT2D eigenvalue weighted by Gasteiger charge is -1.92. The Kier molecular flexibility index (Phi) is 2.06. The third-order valence-corrected chi connectivity index (χ3v) is 2.07. The maximum atomic E-state index is 10.4. The van der Waals surface area contributed by atoms with Gasteiger partial charge in [0, 0.05) is 6.07 Å². The molecule has 0 N–H and O–H groups in total. The molecule has 0 amide bonds. The lowest BCUT2D eigenvalue weighted by Crippen LogP contribution is -1.83. The molecule has 1 rings (SSSR count). The number of aryl methyl sites for hydroxylation is 1. The Morgan fingerprint density at radius 3 is 2.60 bits per heavy atom. The highest BCUT2D eigenvalue weighted by atomic mass is 32.2. The van der Waals surface area contributed by atoms with Gasteiger partial charge >= 0.3 is 0 Å². The van der Waals surface area contributed by atoms with Gasteiger partial charge in [0.15, 0.2) is 10.7 Å². The van der Waals surface area contributed by atoms with Crippen LogP contribution in [-0.2, 0) is 10.7 Å². The van der Waals surface area contributed by atoms with Crippen LogP contribution in [0, 0.1) is 13.0 Å². The molecule has 1 radical (unpaired) electrons. The highest BCUT2D eigenvalue weighted by molar-refractivity contribution is 7.72. The Bertz CT molecular complexity index is 294. The van der Waals surface area contributed by atoms with Crippen molar-refractivity contribution in [3.63, 3.8) is 0 Å². The number of hydrogen-bond donors (Lipinski definition) is 1. The van der Waals surface area contributed by atoms with E-state index in [1.54, 1.807) is 25.1 Å². The summed E-state index contributed by atoms with van der Waals surface area (Å²) in [4.78, 5) is 0.289. The predicted octanol–water partition coefficient (Wildman–Crippen LogP) is 0.766. The zero-order chi connectivity index (χ0) is 7.56. The maximum Gasteiger partial charge on any atom is 0.169 e.